The predicted molar refractivity (Wildman–Crippen MR) is 101 cm³/mol. The second-order valence-corrected chi connectivity index (χ2v) is 6.96. The van der Waals surface area contributed by atoms with Gasteiger partial charge in [0.05, 0.1) is 13.5 Å². The molecule has 0 aliphatic carbocycles. The van der Waals surface area contributed by atoms with Crippen molar-refractivity contribution in [2.45, 2.75) is 32.7 Å². The first-order valence-electron chi connectivity index (χ1n) is 8.23. The van der Waals surface area contributed by atoms with Crippen molar-refractivity contribution in [1.29, 1.82) is 0 Å². The fourth-order valence-corrected chi connectivity index (χ4v) is 2.82. The minimum Gasteiger partial charge on any atom is -0.504 e. The van der Waals surface area contributed by atoms with Crippen molar-refractivity contribution < 1.29 is 19.4 Å². The number of phenolic OH excluding ortho intramolecular Hbond substituents is 1. The summed E-state index contributed by atoms with van der Waals surface area (Å²) in [5.41, 5.74) is 6.18. The zero-order chi connectivity index (χ0) is 19.5. The first kappa shape index (κ1) is 19.3. The molecule has 0 aromatic heterocycles. The van der Waals surface area contributed by atoms with Crippen molar-refractivity contribution in [3.63, 3.8) is 0 Å². The number of methoxy groups -OCH3 is 1. The summed E-state index contributed by atoms with van der Waals surface area (Å²) in [6, 6.07) is 11.7. The van der Waals surface area contributed by atoms with Crippen molar-refractivity contribution in [2.24, 2.45) is 5.73 Å². The molecule has 0 saturated carbocycles. The van der Waals surface area contributed by atoms with Crippen LogP contribution in [-0.2, 0) is 11.2 Å². The van der Waals surface area contributed by atoms with Crippen LogP contribution in [-0.4, -0.2) is 29.6 Å². The fraction of sp³-hybridized carbons (Fsp3) is 0.300. The number of rotatable bonds is 5. The molecule has 0 fully saturated rings. The van der Waals surface area contributed by atoms with Gasteiger partial charge in [0.2, 0.25) is 11.8 Å². The number of aromatic hydroxyl groups is 1. The zero-order valence-corrected chi connectivity index (χ0v) is 15.4. The maximum Gasteiger partial charge on any atom is 0.248 e. The van der Waals surface area contributed by atoms with Gasteiger partial charge in [-0.15, -0.1) is 0 Å². The molecule has 0 aliphatic rings. The number of phenols is 1. The van der Waals surface area contributed by atoms with Gasteiger partial charge >= 0.3 is 0 Å². The number of hydrogen-bond acceptors (Lipinski definition) is 4. The Bertz CT molecular complexity index is 825. The van der Waals surface area contributed by atoms with Gasteiger partial charge in [0.15, 0.2) is 11.5 Å². The van der Waals surface area contributed by atoms with Crippen LogP contribution in [0.1, 0.15) is 36.7 Å². The van der Waals surface area contributed by atoms with Crippen LogP contribution >= 0.6 is 0 Å². The first-order valence-corrected chi connectivity index (χ1v) is 8.23. The molecule has 26 heavy (non-hydrogen) atoms. The van der Waals surface area contributed by atoms with Crippen LogP contribution in [0.25, 0.3) is 0 Å². The average molecular weight is 356 g/mol. The number of nitrogens with zero attached hydrogens (tertiary/aromatic N) is 1. The lowest BCUT2D eigenvalue weighted by Crippen LogP contribution is -2.46. The van der Waals surface area contributed by atoms with Crippen LogP contribution in [0, 0.1) is 0 Å². The van der Waals surface area contributed by atoms with Crippen LogP contribution in [0.15, 0.2) is 42.5 Å². The molecule has 0 radical (unpaired) electrons. The molecule has 0 unspecified atom stereocenters. The third-order valence-corrected chi connectivity index (χ3v) is 3.95. The first-order chi connectivity index (χ1) is 12.1. The monoisotopic (exact) mass is 356 g/mol. The lowest BCUT2D eigenvalue weighted by molar-refractivity contribution is -0.118. The van der Waals surface area contributed by atoms with Gasteiger partial charge < -0.3 is 20.5 Å². The molecule has 3 N–H and O–H groups in total. The Morgan fingerprint density at radius 2 is 1.81 bits per heavy atom. The fourth-order valence-electron chi connectivity index (χ4n) is 2.82. The smallest absolute Gasteiger partial charge is 0.248 e. The lowest BCUT2D eigenvalue weighted by Gasteiger charge is -2.36. The molecule has 0 heterocycles. The van der Waals surface area contributed by atoms with E-state index in [-0.39, 0.29) is 18.1 Å². The summed E-state index contributed by atoms with van der Waals surface area (Å²) in [6.07, 6.45) is -0.0128. The van der Waals surface area contributed by atoms with Crippen LogP contribution < -0.4 is 15.4 Å². The highest BCUT2D eigenvalue weighted by Gasteiger charge is 2.29. The normalized spacial score (nSPS) is 11.1. The molecule has 6 nitrogen and oxygen atoms in total. The summed E-state index contributed by atoms with van der Waals surface area (Å²) in [5.74, 6) is -0.516. The molecule has 2 aromatic rings. The van der Waals surface area contributed by atoms with E-state index in [9.17, 15) is 14.7 Å². The summed E-state index contributed by atoms with van der Waals surface area (Å²) >= 11 is 0. The molecule has 2 aromatic carbocycles. The number of primary amides is 1. The van der Waals surface area contributed by atoms with E-state index in [0.717, 1.165) is 0 Å². The summed E-state index contributed by atoms with van der Waals surface area (Å²) < 4.78 is 5.10. The number of benzene rings is 2. The van der Waals surface area contributed by atoms with Crippen LogP contribution in [0.4, 0.5) is 5.69 Å². The van der Waals surface area contributed by atoms with Crippen molar-refractivity contribution >= 4 is 17.5 Å². The number of hydrogen-bond donors (Lipinski definition) is 2. The highest BCUT2D eigenvalue weighted by atomic mass is 16.5. The molecular formula is C20H24N2O4. The van der Waals surface area contributed by atoms with E-state index < -0.39 is 11.4 Å². The van der Waals surface area contributed by atoms with Crippen molar-refractivity contribution in [2.75, 3.05) is 12.0 Å². The Labute approximate surface area is 153 Å². The Kier molecular flexibility index (Phi) is 5.55. The van der Waals surface area contributed by atoms with Gasteiger partial charge in [0.1, 0.15) is 0 Å². The van der Waals surface area contributed by atoms with E-state index in [1.54, 1.807) is 47.4 Å². The van der Waals surface area contributed by atoms with Gasteiger partial charge in [0.25, 0.3) is 0 Å². The van der Waals surface area contributed by atoms with Crippen molar-refractivity contribution in [3.05, 3.63) is 53.6 Å². The number of nitrogens with two attached hydrogens (primary N) is 1. The van der Waals surface area contributed by atoms with Gasteiger partial charge in [-0.3, -0.25) is 9.59 Å². The molecule has 0 saturated heterocycles. The minimum absolute atomic E-state index is 0.0128. The largest absolute Gasteiger partial charge is 0.504 e. The number of ether oxygens (including phenoxy) is 1. The Morgan fingerprint density at radius 3 is 2.38 bits per heavy atom. The summed E-state index contributed by atoms with van der Waals surface area (Å²) in [5, 5.41) is 10.3. The minimum atomic E-state index is -0.557. The molecule has 0 atom stereocenters. The van der Waals surface area contributed by atoms with E-state index in [2.05, 4.69) is 0 Å². The number of para-hydroxylation sites is 1. The second-order valence-electron chi connectivity index (χ2n) is 6.96. The Hall–Kier alpha value is -3.02. The second kappa shape index (κ2) is 7.47. The number of carbonyl (C=O) groups excluding carboxylic acids is 2. The maximum atomic E-state index is 13.1. The molecule has 2 rings (SSSR count). The highest BCUT2D eigenvalue weighted by molar-refractivity contribution is 5.99. The molecule has 0 aliphatic heterocycles. The van der Waals surface area contributed by atoms with Crippen molar-refractivity contribution in [1.82, 2.24) is 0 Å². The summed E-state index contributed by atoms with van der Waals surface area (Å²) in [6.45, 7) is 5.69. The van der Waals surface area contributed by atoms with E-state index in [1.165, 1.54) is 7.11 Å². The standard InChI is InChI=1S/C20H24N2O4/c1-20(2,3)22(15-9-5-8-14(11-15)19(21)25)17(23)12-13-7-6-10-16(26-4)18(13)24/h5-11,24H,12H2,1-4H3,(H2,21,25). The predicted octanol–water partition coefficient (Wildman–Crippen LogP) is 2.87. The number of amides is 2. The molecule has 138 valence electrons. The average Bonchev–Trinajstić information content (AvgIpc) is 2.56. The van der Waals surface area contributed by atoms with Crippen molar-refractivity contribution in [3.8, 4) is 11.5 Å². The summed E-state index contributed by atoms with van der Waals surface area (Å²) in [7, 11) is 1.46. The third kappa shape index (κ3) is 4.14. The molecule has 0 bridgehead atoms. The molecule has 2 amide bonds. The van der Waals surface area contributed by atoms with Gasteiger partial charge in [-0.1, -0.05) is 18.2 Å². The SMILES string of the molecule is COc1cccc(CC(=O)N(c2cccc(C(N)=O)c2)C(C)(C)C)c1O. The Morgan fingerprint density at radius 1 is 1.15 bits per heavy atom. The molecule has 6 heteroatoms. The number of anilines is 1. The molecular weight excluding hydrogens is 332 g/mol. The van der Waals surface area contributed by atoms with Gasteiger partial charge in [0, 0.05) is 22.4 Å². The third-order valence-electron chi connectivity index (χ3n) is 3.95. The zero-order valence-electron chi connectivity index (χ0n) is 15.4. The van der Waals surface area contributed by atoms with Crippen LogP contribution in [0.2, 0.25) is 0 Å². The van der Waals surface area contributed by atoms with Crippen LogP contribution in [0.5, 0.6) is 11.5 Å². The topological polar surface area (TPSA) is 92.9 Å². The van der Waals surface area contributed by atoms with Gasteiger partial charge in [-0.2, -0.15) is 0 Å². The quantitative estimate of drug-likeness (QED) is 0.861. The molecule has 0 spiro atoms. The van der Waals surface area contributed by atoms with E-state index in [1.807, 2.05) is 20.8 Å². The Balaban J connectivity index is 2.41. The lowest BCUT2D eigenvalue weighted by atomic mass is 10.0. The van der Waals surface area contributed by atoms with E-state index >= 15 is 0 Å². The van der Waals surface area contributed by atoms with Gasteiger partial charge in [-0.25, -0.2) is 0 Å². The van der Waals surface area contributed by atoms with E-state index in [4.69, 9.17) is 10.5 Å². The highest BCUT2D eigenvalue weighted by Crippen LogP contribution is 2.32. The maximum absolute atomic E-state index is 13.1. The van der Waals surface area contributed by atoms with E-state index in [0.29, 0.717) is 22.6 Å². The van der Waals surface area contributed by atoms with Crippen LogP contribution in [0.3, 0.4) is 0 Å². The number of carbonyl (C=O) groups is 2. The van der Waals surface area contributed by atoms with Gasteiger partial charge in [-0.05, 0) is 45.0 Å². The summed E-state index contributed by atoms with van der Waals surface area (Å²) in [4.78, 5) is 26.1.